The average molecular weight is 370 g/mol. The number of rotatable bonds is 0. The summed E-state index contributed by atoms with van der Waals surface area (Å²) in [4.78, 5) is 33.5. The summed E-state index contributed by atoms with van der Waals surface area (Å²) in [6, 6.07) is 14.1. The summed E-state index contributed by atoms with van der Waals surface area (Å²) in [6.45, 7) is 0.108. The average Bonchev–Trinajstić information content (AvgIpc) is 3.16. The van der Waals surface area contributed by atoms with E-state index in [2.05, 4.69) is 15.3 Å². The zero-order valence-electron chi connectivity index (χ0n) is 14.7. The second kappa shape index (κ2) is 6.06. The summed E-state index contributed by atoms with van der Waals surface area (Å²) in [5.74, 6) is -0.227. The molecule has 0 fully saturated rings. The minimum Gasteiger partial charge on any atom is -0.593 e. The third kappa shape index (κ3) is 2.39. The van der Waals surface area contributed by atoms with Crippen molar-refractivity contribution in [3.63, 3.8) is 0 Å². The third-order valence-corrected chi connectivity index (χ3v) is 5.10. The molecule has 1 amide bonds. The summed E-state index contributed by atoms with van der Waals surface area (Å²) in [5.41, 5.74) is 4.20. The fourth-order valence-corrected chi connectivity index (χ4v) is 3.71. The summed E-state index contributed by atoms with van der Waals surface area (Å²) < 4.78 is 0. The molecule has 6 heteroatoms. The lowest BCUT2D eigenvalue weighted by Gasteiger charge is -2.13. The number of nitrogens with zero attached hydrogens (tertiary/aromatic N) is 1. The summed E-state index contributed by atoms with van der Waals surface area (Å²) in [6.07, 6.45) is 3.34. The second-order valence-corrected chi connectivity index (χ2v) is 6.71. The summed E-state index contributed by atoms with van der Waals surface area (Å²) >= 11 is 0. The number of benzene rings is 2. The molecule has 136 valence electrons. The zero-order chi connectivity index (χ0) is 19.3. The molecule has 2 aromatic heterocycles. The Morgan fingerprint density at radius 1 is 0.929 bits per heavy atom. The lowest BCUT2D eigenvalue weighted by molar-refractivity contribution is 0.0948. The van der Waals surface area contributed by atoms with Crippen LogP contribution in [-0.4, -0.2) is 26.8 Å². The lowest BCUT2D eigenvalue weighted by atomic mass is 9.93. The van der Waals surface area contributed by atoms with Crippen molar-refractivity contribution < 1.29 is 14.7 Å². The van der Waals surface area contributed by atoms with Gasteiger partial charge in [0.05, 0.1) is 17.7 Å². The van der Waals surface area contributed by atoms with E-state index in [-0.39, 0.29) is 24.0 Å². The lowest BCUT2D eigenvalue weighted by Crippen LogP contribution is -2.24. The van der Waals surface area contributed by atoms with Crippen LogP contribution in [0.15, 0.2) is 60.9 Å². The van der Waals surface area contributed by atoms with E-state index in [1.807, 2.05) is 18.2 Å². The number of fused-ring (bicyclic) bond motifs is 4. The molecule has 3 heterocycles. The minimum absolute atomic E-state index is 0.108. The molecule has 0 unspecified atom stereocenters. The number of carbonyl (C=O) groups is 2. The van der Waals surface area contributed by atoms with Crippen LogP contribution < -0.4 is 5.32 Å². The Kier molecular flexibility index (Phi) is 3.52. The van der Waals surface area contributed by atoms with Crippen LogP contribution in [0.25, 0.3) is 22.2 Å². The number of aromatic nitrogens is 2. The predicted molar refractivity (Wildman–Crippen MR) is 106 cm³/mol. The van der Waals surface area contributed by atoms with Gasteiger partial charge in [-0.25, -0.2) is 4.98 Å². The number of amides is 1. The highest BCUT2D eigenvalue weighted by molar-refractivity contribution is 6.19. The Bertz CT molecular complexity index is 1270. The first-order valence-electron chi connectivity index (χ1n) is 8.86. The molecule has 6 nitrogen and oxygen atoms in total. The van der Waals surface area contributed by atoms with Crippen molar-refractivity contribution in [2.75, 3.05) is 0 Å². The first kappa shape index (κ1) is 16.3. The summed E-state index contributed by atoms with van der Waals surface area (Å²) in [7, 11) is 0. The van der Waals surface area contributed by atoms with Crippen molar-refractivity contribution in [2.45, 2.75) is 6.54 Å². The van der Waals surface area contributed by atoms with Crippen LogP contribution in [0.1, 0.15) is 31.8 Å². The van der Waals surface area contributed by atoms with Gasteiger partial charge in [0, 0.05) is 35.0 Å². The number of hydrogen-bond donors (Lipinski definition) is 2. The molecular formula is C22H16N3O3+. The minimum atomic E-state index is -0.247. The Hall–Kier alpha value is -3.93. The molecule has 28 heavy (non-hydrogen) atoms. The second-order valence-electron chi connectivity index (χ2n) is 6.71. The molecular weight excluding hydrogens is 354 g/mol. The van der Waals surface area contributed by atoms with Crippen LogP contribution in [0.3, 0.4) is 0 Å². The van der Waals surface area contributed by atoms with Gasteiger partial charge in [-0.05, 0) is 35.4 Å². The maximum absolute atomic E-state index is 13.4. The fourth-order valence-electron chi connectivity index (χ4n) is 3.71. The predicted octanol–water partition coefficient (Wildman–Crippen LogP) is 3.14. The molecule has 2 aromatic carbocycles. The van der Waals surface area contributed by atoms with Gasteiger partial charge >= 0.3 is 0 Å². The van der Waals surface area contributed by atoms with Crippen molar-refractivity contribution in [3.05, 3.63) is 83.2 Å². The molecule has 0 aliphatic carbocycles. The molecule has 2 bridgehead atoms. The molecule has 4 aromatic rings. The van der Waals surface area contributed by atoms with E-state index >= 15 is 0 Å². The first-order chi connectivity index (χ1) is 13.6. The maximum atomic E-state index is 13.4. The third-order valence-electron chi connectivity index (χ3n) is 5.10. The highest BCUT2D eigenvalue weighted by Gasteiger charge is 2.24. The normalized spacial score (nSPS) is 13.4. The van der Waals surface area contributed by atoms with Gasteiger partial charge in [0.2, 0.25) is 0 Å². The van der Waals surface area contributed by atoms with E-state index in [0.717, 1.165) is 11.1 Å². The zero-order valence-corrected chi connectivity index (χ0v) is 14.7. The smallest absolute Gasteiger partial charge is 0.259 e. The molecule has 0 atom stereocenters. The van der Waals surface area contributed by atoms with Crippen LogP contribution in [-0.2, 0) is 6.54 Å². The van der Waals surface area contributed by atoms with Crippen molar-refractivity contribution in [1.29, 1.82) is 0 Å². The highest BCUT2D eigenvalue weighted by Crippen LogP contribution is 2.33. The number of aromatic amines is 1. The van der Waals surface area contributed by atoms with E-state index < -0.39 is 0 Å². The number of carbonyl (C=O) groups excluding carboxylic acids is 2. The van der Waals surface area contributed by atoms with Crippen LogP contribution in [0.2, 0.25) is 0 Å². The van der Waals surface area contributed by atoms with Gasteiger partial charge in [-0.2, -0.15) is 0 Å². The van der Waals surface area contributed by atoms with Crippen LogP contribution in [0.5, 0.6) is 5.75 Å². The fraction of sp³-hybridized carbons (Fsp3) is 0.0455. The van der Waals surface area contributed by atoms with E-state index in [4.69, 9.17) is 5.11 Å². The van der Waals surface area contributed by atoms with Gasteiger partial charge in [-0.1, -0.05) is 18.2 Å². The van der Waals surface area contributed by atoms with Gasteiger partial charge in [0.25, 0.3) is 11.7 Å². The quantitative estimate of drug-likeness (QED) is 0.465. The van der Waals surface area contributed by atoms with Gasteiger partial charge in [-0.3, -0.25) is 9.59 Å². The molecule has 0 spiro atoms. The summed E-state index contributed by atoms with van der Waals surface area (Å²) in [5, 5.41) is 11.8. The molecule has 0 radical (unpaired) electrons. The van der Waals surface area contributed by atoms with Gasteiger partial charge in [0.15, 0.2) is 5.78 Å². The molecule has 5 rings (SSSR count). The van der Waals surface area contributed by atoms with Crippen LogP contribution >= 0.6 is 0 Å². The Morgan fingerprint density at radius 2 is 1.75 bits per heavy atom. The number of hydrogen-bond acceptors (Lipinski definition) is 3. The van der Waals surface area contributed by atoms with Gasteiger partial charge in [0.1, 0.15) is 5.65 Å². The Labute approximate surface area is 159 Å². The monoisotopic (exact) mass is 370 g/mol. The SMILES string of the molecule is O=C1NCc2c([OH2+])cccc2C(=O)c2c[nH]c3nccc(c23)-c2cccc1c2. The topological polar surface area (TPSA) is 97.7 Å². The van der Waals surface area contributed by atoms with E-state index in [9.17, 15) is 9.59 Å². The van der Waals surface area contributed by atoms with Crippen molar-refractivity contribution in [2.24, 2.45) is 0 Å². The standard InChI is InChI=1S/C22H15N3O3/c26-18-6-2-5-15-16(18)10-25-22(28)13-4-1-3-12(9-13)14-7-8-23-21-19(14)17(11-24-21)20(15)27/h1-9,11,26H,10H2,(H,23,24)(H,25,28)/p+1. The van der Waals surface area contributed by atoms with Crippen LogP contribution in [0, 0.1) is 0 Å². The molecule has 0 saturated carbocycles. The number of H-pyrrole nitrogens is 1. The number of ketones is 1. The van der Waals surface area contributed by atoms with Crippen LogP contribution in [0.4, 0.5) is 0 Å². The Morgan fingerprint density at radius 3 is 2.64 bits per heavy atom. The maximum Gasteiger partial charge on any atom is 0.259 e. The highest BCUT2D eigenvalue weighted by atomic mass is 16.3. The van der Waals surface area contributed by atoms with Crippen molar-refractivity contribution >= 4 is 22.7 Å². The molecule has 1 aliphatic heterocycles. The van der Waals surface area contributed by atoms with Gasteiger partial charge < -0.3 is 15.4 Å². The molecule has 1 aliphatic rings. The van der Waals surface area contributed by atoms with E-state index in [1.54, 1.807) is 42.7 Å². The molecule has 0 saturated heterocycles. The van der Waals surface area contributed by atoms with E-state index in [1.165, 1.54) is 0 Å². The first-order valence-corrected chi connectivity index (χ1v) is 8.86. The van der Waals surface area contributed by atoms with Crippen molar-refractivity contribution in [1.82, 2.24) is 15.3 Å². The van der Waals surface area contributed by atoms with E-state index in [0.29, 0.717) is 33.3 Å². The number of nitrogens with one attached hydrogen (secondary N) is 2. The largest absolute Gasteiger partial charge is 0.593 e. The molecule has 4 N–H and O–H groups in total. The Balaban J connectivity index is 1.87. The van der Waals surface area contributed by atoms with Crippen molar-refractivity contribution in [3.8, 4) is 16.9 Å². The number of pyridine rings is 1. The van der Waals surface area contributed by atoms with Gasteiger partial charge in [-0.15, -0.1) is 0 Å².